The number of carbonyl (C=O) groups is 1. The fourth-order valence-electron chi connectivity index (χ4n) is 3.23. The molecule has 1 aliphatic heterocycles. The van der Waals surface area contributed by atoms with Gasteiger partial charge in [0.05, 0.1) is 26.4 Å². The Bertz CT molecular complexity index is 933. The van der Waals surface area contributed by atoms with E-state index in [2.05, 4.69) is 15.0 Å². The van der Waals surface area contributed by atoms with Crippen molar-refractivity contribution in [1.29, 1.82) is 0 Å². The van der Waals surface area contributed by atoms with Gasteiger partial charge in [0, 0.05) is 24.7 Å². The first-order valence-electron chi connectivity index (χ1n) is 9.17. The third kappa shape index (κ3) is 3.70. The quantitative estimate of drug-likeness (QED) is 0.624. The number of morpholine rings is 1. The molecule has 0 spiro atoms. The van der Waals surface area contributed by atoms with Crippen LogP contribution in [-0.4, -0.2) is 64.7 Å². The summed E-state index contributed by atoms with van der Waals surface area (Å²) >= 11 is 0. The van der Waals surface area contributed by atoms with Crippen molar-refractivity contribution in [3.8, 4) is 17.1 Å². The maximum Gasteiger partial charge on any atom is 0.231 e. The summed E-state index contributed by atoms with van der Waals surface area (Å²) in [5, 5.41) is 4.49. The molecule has 7 heteroatoms. The second-order valence-electron chi connectivity index (χ2n) is 6.36. The zero-order valence-corrected chi connectivity index (χ0v) is 15.3. The van der Waals surface area contributed by atoms with Gasteiger partial charge in [-0.25, -0.2) is 9.50 Å². The van der Waals surface area contributed by atoms with Gasteiger partial charge in [-0.2, -0.15) is 0 Å². The van der Waals surface area contributed by atoms with Crippen LogP contribution in [0.3, 0.4) is 0 Å². The lowest BCUT2D eigenvalue weighted by molar-refractivity contribution is 0.0369. The molecule has 1 aromatic carbocycles. The molecule has 3 heterocycles. The van der Waals surface area contributed by atoms with Crippen LogP contribution in [0.5, 0.6) is 5.88 Å². The number of nitrogens with zero attached hydrogens (tertiary/aromatic N) is 4. The lowest BCUT2D eigenvalue weighted by Gasteiger charge is -2.25. The van der Waals surface area contributed by atoms with Crippen molar-refractivity contribution in [2.75, 3.05) is 39.5 Å². The van der Waals surface area contributed by atoms with Crippen LogP contribution in [0.15, 0.2) is 42.5 Å². The molecule has 1 fully saturated rings. The highest BCUT2D eigenvalue weighted by Crippen LogP contribution is 2.25. The fraction of sp³-hybridized carbons (Fsp3) is 0.350. The van der Waals surface area contributed by atoms with Crippen molar-refractivity contribution < 1.29 is 14.3 Å². The Morgan fingerprint density at radius 1 is 1.15 bits per heavy atom. The zero-order chi connectivity index (χ0) is 18.6. The average Bonchev–Trinajstić information content (AvgIpc) is 3.09. The first-order valence-corrected chi connectivity index (χ1v) is 9.17. The van der Waals surface area contributed by atoms with Crippen molar-refractivity contribution in [3.63, 3.8) is 0 Å². The van der Waals surface area contributed by atoms with Crippen LogP contribution >= 0.6 is 0 Å². The number of carbonyl (C=O) groups excluding carboxylic acids is 1. The molecule has 3 aromatic rings. The van der Waals surface area contributed by atoms with E-state index in [4.69, 9.17) is 9.47 Å². The lowest BCUT2D eigenvalue weighted by atomic mass is 10.1. The van der Waals surface area contributed by atoms with Crippen molar-refractivity contribution in [1.82, 2.24) is 19.5 Å². The van der Waals surface area contributed by atoms with Gasteiger partial charge in [0.15, 0.2) is 11.4 Å². The van der Waals surface area contributed by atoms with E-state index < -0.39 is 0 Å². The second kappa shape index (κ2) is 7.85. The SMILES string of the molecule is CCOc1ccc2nc(-c3ccccc3)c(C(=O)CN3CCOCC3)n2n1. The normalized spacial score (nSPS) is 15.1. The predicted molar refractivity (Wildman–Crippen MR) is 101 cm³/mol. The molecule has 0 saturated carbocycles. The number of hydrogen-bond acceptors (Lipinski definition) is 6. The van der Waals surface area contributed by atoms with Crippen molar-refractivity contribution in [3.05, 3.63) is 48.2 Å². The van der Waals surface area contributed by atoms with Gasteiger partial charge in [-0.15, -0.1) is 5.10 Å². The molecule has 0 unspecified atom stereocenters. The molecular weight excluding hydrogens is 344 g/mol. The van der Waals surface area contributed by atoms with Crippen LogP contribution in [0.25, 0.3) is 16.9 Å². The monoisotopic (exact) mass is 366 g/mol. The topological polar surface area (TPSA) is 69.0 Å². The zero-order valence-electron chi connectivity index (χ0n) is 15.3. The lowest BCUT2D eigenvalue weighted by Crippen LogP contribution is -2.39. The van der Waals surface area contributed by atoms with Crippen molar-refractivity contribution in [2.24, 2.45) is 0 Å². The number of fused-ring (bicyclic) bond motifs is 1. The third-order valence-corrected chi connectivity index (χ3v) is 4.53. The Morgan fingerprint density at radius 3 is 2.67 bits per heavy atom. The van der Waals surface area contributed by atoms with Crippen LogP contribution in [0.1, 0.15) is 17.4 Å². The summed E-state index contributed by atoms with van der Waals surface area (Å²) in [6.45, 7) is 5.53. The Morgan fingerprint density at radius 2 is 1.93 bits per heavy atom. The van der Waals surface area contributed by atoms with Gasteiger partial charge in [-0.3, -0.25) is 9.69 Å². The minimum absolute atomic E-state index is 0.00981. The van der Waals surface area contributed by atoms with Gasteiger partial charge in [0.25, 0.3) is 0 Å². The molecule has 0 amide bonds. The summed E-state index contributed by atoms with van der Waals surface area (Å²) in [7, 11) is 0. The highest BCUT2D eigenvalue weighted by molar-refractivity contribution is 6.02. The standard InChI is InChI=1S/C20H22N4O3/c1-2-27-18-9-8-17-21-19(15-6-4-3-5-7-15)20(24(17)22-18)16(25)14-23-10-12-26-13-11-23/h3-9H,2,10-14H2,1H3. The van der Waals surface area contributed by atoms with E-state index in [0.717, 1.165) is 18.7 Å². The number of ketones is 1. The maximum atomic E-state index is 13.2. The maximum absolute atomic E-state index is 13.2. The summed E-state index contributed by atoms with van der Waals surface area (Å²) in [5.41, 5.74) is 2.66. The van der Waals surface area contributed by atoms with Gasteiger partial charge in [-0.1, -0.05) is 30.3 Å². The summed E-state index contributed by atoms with van der Waals surface area (Å²) in [6, 6.07) is 13.3. The van der Waals surface area contributed by atoms with Crippen LogP contribution in [0.2, 0.25) is 0 Å². The average molecular weight is 366 g/mol. The van der Waals surface area contributed by atoms with Crippen LogP contribution in [0.4, 0.5) is 0 Å². The number of hydrogen-bond donors (Lipinski definition) is 0. The number of ether oxygens (including phenoxy) is 2. The highest BCUT2D eigenvalue weighted by atomic mass is 16.5. The minimum Gasteiger partial charge on any atom is -0.477 e. The third-order valence-electron chi connectivity index (χ3n) is 4.53. The molecule has 27 heavy (non-hydrogen) atoms. The Balaban J connectivity index is 1.78. The van der Waals surface area contributed by atoms with E-state index in [9.17, 15) is 4.79 Å². The van der Waals surface area contributed by atoms with Crippen molar-refractivity contribution >= 4 is 11.4 Å². The Hall–Kier alpha value is -2.77. The molecule has 0 N–H and O–H groups in total. The number of Topliss-reactive ketones (excluding diaryl/α,β-unsaturated/α-hetero) is 1. The van der Waals surface area contributed by atoms with Crippen LogP contribution < -0.4 is 4.74 Å². The van der Waals surface area contributed by atoms with Crippen LogP contribution in [0, 0.1) is 0 Å². The largest absolute Gasteiger partial charge is 0.477 e. The van der Waals surface area contributed by atoms with E-state index >= 15 is 0 Å². The van der Waals surface area contributed by atoms with Crippen molar-refractivity contribution in [2.45, 2.75) is 6.92 Å². The molecule has 1 saturated heterocycles. The van der Waals surface area contributed by atoms with E-state index in [0.29, 0.717) is 49.3 Å². The molecule has 4 rings (SSSR count). The second-order valence-corrected chi connectivity index (χ2v) is 6.36. The van der Waals surface area contributed by atoms with Gasteiger partial charge in [-0.05, 0) is 13.0 Å². The highest BCUT2D eigenvalue weighted by Gasteiger charge is 2.24. The summed E-state index contributed by atoms with van der Waals surface area (Å²) < 4.78 is 12.5. The van der Waals surface area contributed by atoms with E-state index in [1.807, 2.05) is 43.3 Å². The minimum atomic E-state index is -0.00981. The van der Waals surface area contributed by atoms with E-state index in [1.165, 1.54) is 0 Å². The molecule has 140 valence electrons. The molecule has 2 aromatic heterocycles. The van der Waals surface area contributed by atoms with Crippen LogP contribution in [-0.2, 0) is 4.74 Å². The van der Waals surface area contributed by atoms with Gasteiger partial charge in [0.1, 0.15) is 11.4 Å². The molecular formula is C20H22N4O3. The number of benzene rings is 1. The van der Waals surface area contributed by atoms with Gasteiger partial charge in [0.2, 0.25) is 5.88 Å². The fourth-order valence-corrected chi connectivity index (χ4v) is 3.23. The van der Waals surface area contributed by atoms with Gasteiger partial charge >= 0.3 is 0 Å². The molecule has 7 nitrogen and oxygen atoms in total. The summed E-state index contributed by atoms with van der Waals surface area (Å²) in [4.78, 5) is 20.0. The van der Waals surface area contributed by atoms with Gasteiger partial charge < -0.3 is 9.47 Å². The number of rotatable bonds is 6. The van der Waals surface area contributed by atoms with E-state index in [1.54, 1.807) is 10.6 Å². The molecule has 0 atom stereocenters. The molecule has 1 aliphatic rings. The summed E-state index contributed by atoms with van der Waals surface area (Å²) in [6.07, 6.45) is 0. The predicted octanol–water partition coefficient (Wildman–Crippen LogP) is 2.31. The molecule has 0 radical (unpaired) electrons. The Kier molecular flexibility index (Phi) is 5.13. The Labute approximate surface area is 157 Å². The molecule has 0 aliphatic carbocycles. The van der Waals surface area contributed by atoms with E-state index in [-0.39, 0.29) is 5.78 Å². The number of aromatic nitrogens is 3. The summed E-state index contributed by atoms with van der Waals surface area (Å²) in [5.74, 6) is 0.465. The smallest absolute Gasteiger partial charge is 0.231 e. The first kappa shape index (κ1) is 17.6. The molecule has 0 bridgehead atoms. The number of imidazole rings is 1. The first-order chi connectivity index (χ1) is 13.3.